The molecule has 52 heavy (non-hydrogen) atoms. The Labute approximate surface area is 308 Å². The summed E-state index contributed by atoms with van der Waals surface area (Å²) in [5, 5.41) is 11.8. The highest BCUT2D eigenvalue weighted by Gasteiger charge is 2.56. The highest BCUT2D eigenvalue weighted by Crippen LogP contribution is 2.58. The number of anilines is 1. The van der Waals surface area contributed by atoms with Gasteiger partial charge in [0.15, 0.2) is 5.82 Å². The van der Waals surface area contributed by atoms with Crippen LogP contribution >= 0.6 is 11.8 Å². The monoisotopic (exact) mass is 727 g/mol. The van der Waals surface area contributed by atoms with Gasteiger partial charge < -0.3 is 19.5 Å². The van der Waals surface area contributed by atoms with Gasteiger partial charge in [-0.15, -0.1) is 6.42 Å². The van der Waals surface area contributed by atoms with Crippen molar-refractivity contribution in [2.75, 3.05) is 55.9 Å². The Bertz CT molecular complexity index is 2020. The first-order chi connectivity index (χ1) is 25.4. The lowest BCUT2D eigenvalue weighted by atomic mass is 9.64. The number of likely N-dealkylation sites (tertiary alicyclic amines) is 1. The van der Waals surface area contributed by atoms with E-state index in [1.807, 2.05) is 13.8 Å². The highest BCUT2D eigenvalue weighted by molar-refractivity contribution is 8.00. The minimum atomic E-state index is -0.713. The zero-order chi connectivity index (χ0) is 36.0. The van der Waals surface area contributed by atoms with E-state index in [0.717, 1.165) is 32.2 Å². The van der Waals surface area contributed by atoms with Crippen LogP contribution in [0.3, 0.4) is 0 Å². The standard InChI is InChI=1S/C39H41F2N5O3S.C2H6/c1-2-27-30(40)8-7-24-16-26(47)17-28(32(24)27)34-33(41)35-29(20-42-34)36(45-11-5-14-48-15-13-45)44-37(43-35)49-21-39-9-3-6-31(39)46(12-4-10-39)25-18-38(19-25)22-50-23-38;1-2/h1,7-8,16-17,20,25,31,47H,3-6,9-15,18-19,21-23H2;1-2H3. The summed E-state index contributed by atoms with van der Waals surface area (Å²) in [7, 11) is 0. The number of hydrogen-bond donors (Lipinski definition) is 1. The number of rotatable bonds is 6. The van der Waals surface area contributed by atoms with Crippen molar-refractivity contribution in [3.8, 4) is 35.4 Å². The molecule has 5 fully saturated rings. The van der Waals surface area contributed by atoms with Gasteiger partial charge in [0.2, 0.25) is 0 Å². The van der Waals surface area contributed by atoms with Crippen molar-refractivity contribution >= 4 is 39.3 Å². The Kier molecular flexibility index (Phi) is 9.68. The Hall–Kier alpha value is -3.72. The molecule has 5 heterocycles. The quantitative estimate of drug-likeness (QED) is 0.199. The molecule has 5 aliphatic rings. The third-order valence-electron chi connectivity index (χ3n) is 12.1. The van der Waals surface area contributed by atoms with Gasteiger partial charge in [0.05, 0.1) is 24.2 Å². The van der Waals surface area contributed by atoms with Crippen molar-refractivity contribution in [2.45, 2.75) is 77.3 Å². The number of phenols is 1. The third kappa shape index (κ3) is 6.05. The summed E-state index contributed by atoms with van der Waals surface area (Å²) in [5.74, 6) is 4.16. The van der Waals surface area contributed by atoms with Gasteiger partial charge in [-0.3, -0.25) is 9.88 Å². The van der Waals surface area contributed by atoms with E-state index < -0.39 is 11.6 Å². The van der Waals surface area contributed by atoms with Gasteiger partial charge in [0, 0.05) is 54.3 Å². The molecule has 274 valence electrons. The molecule has 3 aliphatic heterocycles. The molecular formula is C41H47F2N5O3S. The van der Waals surface area contributed by atoms with E-state index in [-0.39, 0.29) is 39.5 Å². The van der Waals surface area contributed by atoms with Crippen molar-refractivity contribution in [1.82, 2.24) is 19.9 Å². The van der Waals surface area contributed by atoms with Crippen LogP contribution in [0.15, 0.2) is 30.5 Å². The average Bonchev–Trinajstić information content (AvgIpc) is 3.37. The third-order valence-corrected chi connectivity index (χ3v) is 13.7. The Morgan fingerprint density at radius 3 is 2.67 bits per heavy atom. The fourth-order valence-corrected chi connectivity index (χ4v) is 10.9. The lowest BCUT2D eigenvalue weighted by molar-refractivity contribution is -0.0712. The first-order valence-corrected chi connectivity index (χ1v) is 20.1. The van der Waals surface area contributed by atoms with Crippen molar-refractivity contribution < 1.29 is 23.4 Å². The highest BCUT2D eigenvalue weighted by atomic mass is 32.2. The smallest absolute Gasteiger partial charge is 0.319 e. The van der Waals surface area contributed by atoms with E-state index in [1.54, 1.807) is 6.20 Å². The average molecular weight is 728 g/mol. The zero-order valence-corrected chi connectivity index (χ0v) is 30.9. The fraction of sp³-hybridized carbons (Fsp3) is 0.537. The number of terminal acetylenes is 1. The van der Waals surface area contributed by atoms with Gasteiger partial charge in [-0.25, -0.2) is 8.78 Å². The molecule has 2 aromatic carbocycles. The van der Waals surface area contributed by atoms with E-state index in [2.05, 4.69) is 32.5 Å². The maximum Gasteiger partial charge on any atom is 0.319 e. The van der Waals surface area contributed by atoms with Crippen LogP contribution in [0.4, 0.5) is 14.6 Å². The van der Waals surface area contributed by atoms with Crippen molar-refractivity contribution in [3.63, 3.8) is 0 Å². The second-order valence-corrected chi connectivity index (χ2v) is 16.1. The number of fused-ring (bicyclic) bond motifs is 3. The fourth-order valence-electron chi connectivity index (χ4n) is 9.61. The summed E-state index contributed by atoms with van der Waals surface area (Å²) in [4.78, 5) is 19.1. The van der Waals surface area contributed by atoms with Crippen LogP contribution in [0.5, 0.6) is 11.8 Å². The molecular weight excluding hydrogens is 681 g/mol. The van der Waals surface area contributed by atoms with Gasteiger partial charge >= 0.3 is 6.01 Å². The van der Waals surface area contributed by atoms with E-state index in [1.165, 1.54) is 61.5 Å². The van der Waals surface area contributed by atoms with Crippen LogP contribution in [0, 0.1) is 34.8 Å². The number of nitrogens with zero attached hydrogens (tertiary/aromatic N) is 5. The number of halogens is 2. The van der Waals surface area contributed by atoms with Gasteiger partial charge in [-0.2, -0.15) is 21.7 Å². The van der Waals surface area contributed by atoms with Crippen LogP contribution in [0.2, 0.25) is 0 Å². The topological polar surface area (TPSA) is 83.8 Å². The molecule has 4 aromatic rings. The molecule has 2 atom stereocenters. The van der Waals surface area contributed by atoms with Crippen molar-refractivity contribution in [3.05, 3.63) is 47.7 Å². The Morgan fingerprint density at radius 1 is 1.06 bits per heavy atom. The van der Waals surface area contributed by atoms with E-state index in [9.17, 15) is 9.50 Å². The van der Waals surface area contributed by atoms with Crippen LogP contribution in [0.1, 0.15) is 70.8 Å². The molecule has 0 bridgehead atoms. The van der Waals surface area contributed by atoms with Crippen molar-refractivity contribution in [2.24, 2.45) is 10.8 Å². The number of benzene rings is 2. The Balaban J connectivity index is 0.00000190. The maximum absolute atomic E-state index is 17.0. The second kappa shape index (κ2) is 14.3. The lowest BCUT2D eigenvalue weighted by Crippen LogP contribution is -2.63. The second-order valence-electron chi connectivity index (χ2n) is 15.1. The van der Waals surface area contributed by atoms with Crippen molar-refractivity contribution in [1.29, 1.82) is 0 Å². The molecule has 2 aromatic heterocycles. The van der Waals surface area contributed by atoms with Crippen LogP contribution < -0.4 is 9.64 Å². The first kappa shape index (κ1) is 35.3. The number of ether oxygens (including phenoxy) is 2. The molecule has 11 heteroatoms. The molecule has 3 saturated heterocycles. The molecule has 8 nitrogen and oxygen atoms in total. The molecule has 2 aliphatic carbocycles. The molecule has 1 spiro atoms. The van der Waals surface area contributed by atoms with E-state index >= 15 is 4.39 Å². The zero-order valence-electron chi connectivity index (χ0n) is 30.1. The summed E-state index contributed by atoms with van der Waals surface area (Å²) in [5.41, 5.74) is 0.743. The molecule has 0 amide bonds. The van der Waals surface area contributed by atoms with Crippen LogP contribution in [0.25, 0.3) is 32.9 Å². The minimum absolute atomic E-state index is 0.0163. The van der Waals surface area contributed by atoms with Gasteiger partial charge in [0.25, 0.3) is 0 Å². The number of phenolic OH excluding ortho intramolecular Hbond substituents is 1. The number of thioether (sulfide) groups is 1. The first-order valence-electron chi connectivity index (χ1n) is 18.9. The van der Waals surface area contributed by atoms with Gasteiger partial charge in [0.1, 0.15) is 28.6 Å². The van der Waals surface area contributed by atoms with E-state index in [4.69, 9.17) is 25.9 Å². The number of pyridine rings is 1. The van der Waals surface area contributed by atoms with Crippen LogP contribution in [-0.2, 0) is 4.74 Å². The Morgan fingerprint density at radius 2 is 1.88 bits per heavy atom. The molecule has 0 radical (unpaired) electrons. The molecule has 9 rings (SSSR count). The lowest BCUT2D eigenvalue weighted by Gasteiger charge is -2.60. The number of aromatic hydroxyl groups is 1. The largest absolute Gasteiger partial charge is 0.508 e. The summed E-state index contributed by atoms with van der Waals surface area (Å²) in [6, 6.07) is 6.89. The SMILES string of the molecule is C#Cc1c(F)ccc2cc(O)cc(-c3ncc4c(N5CCCOCC5)nc(OCC56CCCC5N(C5CC7(CSC7)C5)CCC6)nc4c3F)c12.CC. The summed E-state index contributed by atoms with van der Waals surface area (Å²) in [6.07, 6.45) is 16.4. The minimum Gasteiger partial charge on any atom is -0.508 e. The number of piperidine rings is 1. The molecule has 2 saturated carbocycles. The summed E-state index contributed by atoms with van der Waals surface area (Å²) in [6.45, 7) is 8.06. The molecule has 1 N–H and O–H groups in total. The maximum atomic E-state index is 17.0. The summed E-state index contributed by atoms with van der Waals surface area (Å²) >= 11 is 2.08. The predicted molar refractivity (Wildman–Crippen MR) is 203 cm³/mol. The predicted octanol–water partition coefficient (Wildman–Crippen LogP) is 7.97. The summed E-state index contributed by atoms with van der Waals surface area (Å²) < 4.78 is 44.2. The van der Waals surface area contributed by atoms with Crippen LogP contribution in [-0.4, -0.2) is 88.0 Å². The number of aromatic nitrogens is 3. The normalized spacial score (nSPS) is 24.4. The number of hydrogen-bond acceptors (Lipinski definition) is 9. The van der Waals surface area contributed by atoms with E-state index in [0.29, 0.717) is 72.4 Å². The molecule has 2 unspecified atom stereocenters. The van der Waals surface area contributed by atoms with Gasteiger partial charge in [-0.05, 0) is 92.0 Å². The van der Waals surface area contributed by atoms with Gasteiger partial charge in [-0.1, -0.05) is 32.3 Å².